The molecule has 0 saturated carbocycles. The standard InChI is InChI=1S/C31H27BrClN3OS/c1-18-14-19(2)23(15-20(18)17-38-22-12-10-21(33)11-13-22)29-24(16-34)31(35)36(26-7-4-3-6-25(26)32)27-8-5-9-28(37)30(27)29/h3-4,6-7,10-15,29H,5,8-9,17,35H2,1-2H3. The fourth-order valence-corrected chi connectivity index (χ4v) is 6.93. The van der Waals surface area contributed by atoms with E-state index in [1.807, 2.05) is 53.4 Å². The lowest BCUT2D eigenvalue weighted by atomic mass is 9.74. The minimum absolute atomic E-state index is 0.0885. The molecule has 5 rings (SSSR count). The van der Waals surface area contributed by atoms with E-state index in [1.165, 1.54) is 11.1 Å². The maximum Gasteiger partial charge on any atom is 0.161 e. The molecule has 0 radical (unpaired) electrons. The Morgan fingerprint density at radius 2 is 1.84 bits per heavy atom. The van der Waals surface area contributed by atoms with Crippen molar-refractivity contribution in [1.82, 2.24) is 0 Å². The quantitative estimate of drug-likeness (QED) is 0.297. The predicted octanol–water partition coefficient (Wildman–Crippen LogP) is 8.32. The van der Waals surface area contributed by atoms with Gasteiger partial charge in [0.1, 0.15) is 5.82 Å². The monoisotopic (exact) mass is 603 g/mol. The highest BCUT2D eigenvalue weighted by Crippen LogP contribution is 2.48. The third-order valence-corrected chi connectivity index (χ3v) is 9.23. The van der Waals surface area contributed by atoms with Crippen LogP contribution in [0.3, 0.4) is 0 Å². The van der Waals surface area contributed by atoms with E-state index in [0.29, 0.717) is 28.4 Å². The van der Waals surface area contributed by atoms with Crippen LogP contribution in [0.25, 0.3) is 0 Å². The second-order valence-electron chi connectivity index (χ2n) is 9.65. The van der Waals surface area contributed by atoms with E-state index in [0.717, 1.165) is 50.5 Å². The van der Waals surface area contributed by atoms with Crippen LogP contribution in [0.2, 0.25) is 5.02 Å². The zero-order chi connectivity index (χ0) is 27.0. The van der Waals surface area contributed by atoms with Crippen molar-refractivity contribution in [3.8, 4) is 6.07 Å². The molecule has 1 unspecified atom stereocenters. The average Bonchev–Trinajstić information content (AvgIpc) is 2.89. The zero-order valence-corrected chi connectivity index (χ0v) is 24.4. The first-order valence-electron chi connectivity index (χ1n) is 12.5. The molecule has 0 spiro atoms. The van der Waals surface area contributed by atoms with Crippen molar-refractivity contribution in [3.63, 3.8) is 0 Å². The third-order valence-electron chi connectivity index (χ3n) is 7.25. The van der Waals surface area contributed by atoms with Crippen molar-refractivity contribution in [2.75, 3.05) is 4.90 Å². The summed E-state index contributed by atoms with van der Waals surface area (Å²) in [4.78, 5) is 16.6. The molecule has 2 N–H and O–H groups in total. The van der Waals surface area contributed by atoms with Crippen molar-refractivity contribution in [2.24, 2.45) is 5.73 Å². The van der Waals surface area contributed by atoms with Gasteiger partial charge < -0.3 is 5.73 Å². The fraction of sp³-hybridized carbons (Fsp3) is 0.226. The maximum atomic E-state index is 13.6. The highest BCUT2D eigenvalue weighted by molar-refractivity contribution is 9.10. The van der Waals surface area contributed by atoms with Crippen LogP contribution in [0.5, 0.6) is 0 Å². The number of Topliss-reactive ketones (excluding diaryl/α,β-unsaturated/α-hetero) is 1. The number of rotatable bonds is 5. The summed E-state index contributed by atoms with van der Waals surface area (Å²) in [6, 6.07) is 22.3. The summed E-state index contributed by atoms with van der Waals surface area (Å²) in [7, 11) is 0. The third kappa shape index (κ3) is 4.91. The largest absolute Gasteiger partial charge is 0.384 e. The Morgan fingerprint density at radius 1 is 1.11 bits per heavy atom. The van der Waals surface area contributed by atoms with Crippen LogP contribution in [0, 0.1) is 25.2 Å². The molecule has 1 aliphatic heterocycles. The molecule has 0 aromatic heterocycles. The lowest BCUT2D eigenvalue weighted by Crippen LogP contribution is -2.39. The van der Waals surface area contributed by atoms with Crippen LogP contribution < -0.4 is 10.6 Å². The Hall–Kier alpha value is -2.98. The fourth-order valence-electron chi connectivity index (χ4n) is 5.38. The smallest absolute Gasteiger partial charge is 0.161 e. The van der Waals surface area contributed by atoms with Crippen LogP contribution in [0.4, 0.5) is 5.69 Å². The van der Waals surface area contributed by atoms with Crippen molar-refractivity contribution < 1.29 is 4.79 Å². The van der Waals surface area contributed by atoms with Crippen molar-refractivity contribution >= 4 is 50.8 Å². The number of nitrogens with two attached hydrogens (primary N) is 1. The molecule has 2 aliphatic rings. The van der Waals surface area contributed by atoms with Gasteiger partial charge in [-0.25, -0.2) is 0 Å². The van der Waals surface area contributed by atoms with E-state index in [1.54, 1.807) is 11.8 Å². The number of nitriles is 1. The maximum absolute atomic E-state index is 13.6. The molecule has 38 heavy (non-hydrogen) atoms. The zero-order valence-electron chi connectivity index (χ0n) is 21.2. The summed E-state index contributed by atoms with van der Waals surface area (Å²) >= 11 is 11.4. The Morgan fingerprint density at radius 3 is 2.55 bits per heavy atom. The minimum Gasteiger partial charge on any atom is -0.384 e. The number of benzene rings is 3. The number of para-hydroxylation sites is 1. The van der Waals surface area contributed by atoms with Crippen LogP contribution in [0.1, 0.15) is 47.4 Å². The number of nitrogens with zero attached hydrogens (tertiary/aromatic N) is 2. The number of hydrogen-bond acceptors (Lipinski definition) is 5. The molecule has 7 heteroatoms. The first kappa shape index (κ1) is 26.6. The molecule has 4 nitrogen and oxygen atoms in total. The Bertz CT molecular complexity index is 1540. The van der Waals surface area contributed by atoms with Gasteiger partial charge in [-0.3, -0.25) is 9.69 Å². The second kappa shape index (κ2) is 11.0. The molecule has 0 fully saturated rings. The number of ketones is 1. The minimum atomic E-state index is -0.485. The Labute approximate surface area is 241 Å². The van der Waals surface area contributed by atoms with E-state index >= 15 is 0 Å². The summed E-state index contributed by atoms with van der Waals surface area (Å²) < 4.78 is 0.858. The Kier molecular flexibility index (Phi) is 7.72. The van der Waals surface area contributed by atoms with Gasteiger partial charge in [-0.05, 0) is 101 Å². The first-order chi connectivity index (χ1) is 18.3. The molecule has 192 valence electrons. The molecule has 0 bridgehead atoms. The lowest BCUT2D eigenvalue weighted by molar-refractivity contribution is -0.116. The van der Waals surface area contributed by atoms with Crippen molar-refractivity contribution in [3.05, 3.63) is 115 Å². The number of hydrogen-bond donors (Lipinski definition) is 1. The van der Waals surface area contributed by atoms with Crippen LogP contribution in [-0.4, -0.2) is 5.78 Å². The highest BCUT2D eigenvalue weighted by atomic mass is 79.9. The molecular weight excluding hydrogens is 578 g/mol. The van der Waals surface area contributed by atoms with Gasteiger partial charge in [0.2, 0.25) is 0 Å². The van der Waals surface area contributed by atoms with E-state index in [9.17, 15) is 10.1 Å². The van der Waals surface area contributed by atoms with Crippen molar-refractivity contribution in [1.29, 1.82) is 5.26 Å². The van der Waals surface area contributed by atoms with Crippen LogP contribution >= 0.6 is 39.3 Å². The summed E-state index contributed by atoms with van der Waals surface area (Å²) in [5.74, 6) is 0.749. The van der Waals surface area contributed by atoms with Gasteiger partial charge in [0, 0.05) is 37.8 Å². The number of carbonyl (C=O) groups is 1. The van der Waals surface area contributed by atoms with Crippen LogP contribution in [-0.2, 0) is 10.5 Å². The van der Waals surface area contributed by atoms with E-state index in [2.05, 4.69) is 48.0 Å². The SMILES string of the molecule is Cc1cc(C)c(C2C(C#N)=C(N)N(c3ccccc3Br)C3=C2C(=O)CCC3)cc1CSc1ccc(Cl)cc1. The number of allylic oxidation sites excluding steroid dienone is 3. The number of halogens is 2. The Balaban J connectivity index is 1.63. The summed E-state index contributed by atoms with van der Waals surface area (Å²) in [6.07, 6.45) is 1.96. The number of carbonyl (C=O) groups excluding carboxylic acids is 1. The highest BCUT2D eigenvalue weighted by Gasteiger charge is 2.41. The number of thioether (sulfide) groups is 1. The predicted molar refractivity (Wildman–Crippen MR) is 159 cm³/mol. The number of aryl methyl sites for hydroxylation is 2. The van der Waals surface area contributed by atoms with Crippen LogP contribution in [0.15, 0.2) is 92.7 Å². The van der Waals surface area contributed by atoms with Gasteiger partial charge in [0.05, 0.1) is 23.2 Å². The van der Waals surface area contributed by atoms with E-state index < -0.39 is 5.92 Å². The molecule has 0 amide bonds. The molecule has 3 aromatic rings. The lowest BCUT2D eigenvalue weighted by Gasteiger charge is -2.40. The van der Waals surface area contributed by atoms with E-state index in [-0.39, 0.29) is 5.78 Å². The van der Waals surface area contributed by atoms with Gasteiger partial charge in [-0.1, -0.05) is 35.9 Å². The molecule has 1 atom stereocenters. The van der Waals surface area contributed by atoms with Gasteiger partial charge >= 0.3 is 0 Å². The molecule has 1 heterocycles. The summed E-state index contributed by atoms with van der Waals surface area (Å²) in [5.41, 5.74) is 14.0. The number of anilines is 1. The summed E-state index contributed by atoms with van der Waals surface area (Å²) in [6.45, 7) is 4.16. The van der Waals surface area contributed by atoms with Gasteiger partial charge in [-0.15, -0.1) is 11.8 Å². The molecular formula is C31H27BrClN3OS. The molecule has 1 aliphatic carbocycles. The van der Waals surface area contributed by atoms with Gasteiger partial charge in [-0.2, -0.15) is 5.26 Å². The molecule has 3 aromatic carbocycles. The second-order valence-corrected chi connectivity index (χ2v) is 12.0. The van der Waals surface area contributed by atoms with Gasteiger partial charge in [0.25, 0.3) is 0 Å². The van der Waals surface area contributed by atoms with Crippen molar-refractivity contribution in [2.45, 2.75) is 49.7 Å². The summed E-state index contributed by atoms with van der Waals surface area (Å²) in [5, 5.41) is 11.1. The average molecular weight is 605 g/mol. The normalized spacial score (nSPS) is 17.5. The van der Waals surface area contributed by atoms with Gasteiger partial charge in [0.15, 0.2) is 5.78 Å². The van der Waals surface area contributed by atoms with E-state index in [4.69, 9.17) is 17.3 Å². The topological polar surface area (TPSA) is 70.1 Å². The molecule has 0 saturated heterocycles. The first-order valence-corrected chi connectivity index (χ1v) is 14.6.